The minimum Gasteiger partial charge on any atom is -0.495 e. The van der Waals surface area contributed by atoms with Crippen molar-refractivity contribution in [1.29, 1.82) is 0 Å². The molecule has 1 rings (SSSR count). The van der Waals surface area contributed by atoms with Gasteiger partial charge >= 0.3 is 0 Å². The van der Waals surface area contributed by atoms with Crippen LogP contribution in [0.5, 0.6) is 5.75 Å². The summed E-state index contributed by atoms with van der Waals surface area (Å²) in [5.74, 6) is 0.367. The van der Waals surface area contributed by atoms with Crippen LogP contribution in [-0.4, -0.2) is 17.1 Å². The SMILES string of the molecule is COc1cc([N+](=O)[O-])c(C(C)O)cc1Br. The van der Waals surface area contributed by atoms with E-state index in [0.29, 0.717) is 10.2 Å². The first-order chi connectivity index (χ1) is 6.97. The minimum atomic E-state index is -0.896. The summed E-state index contributed by atoms with van der Waals surface area (Å²) in [5.41, 5.74) is 0.109. The van der Waals surface area contributed by atoms with Gasteiger partial charge in [0.05, 0.1) is 34.2 Å². The number of benzene rings is 1. The van der Waals surface area contributed by atoms with Crippen LogP contribution in [0.3, 0.4) is 0 Å². The number of aliphatic hydroxyl groups is 1. The van der Waals surface area contributed by atoms with Crippen LogP contribution in [0.2, 0.25) is 0 Å². The van der Waals surface area contributed by atoms with Crippen molar-refractivity contribution in [3.63, 3.8) is 0 Å². The molecule has 6 heteroatoms. The second-order valence-corrected chi connectivity index (χ2v) is 3.83. The molecule has 0 aromatic heterocycles. The third-order valence-electron chi connectivity index (χ3n) is 1.95. The highest BCUT2D eigenvalue weighted by molar-refractivity contribution is 9.10. The Hall–Kier alpha value is -1.14. The highest BCUT2D eigenvalue weighted by atomic mass is 79.9. The maximum absolute atomic E-state index is 10.7. The first-order valence-electron chi connectivity index (χ1n) is 4.17. The maximum atomic E-state index is 10.7. The molecule has 0 bridgehead atoms. The number of ether oxygens (including phenoxy) is 1. The van der Waals surface area contributed by atoms with Gasteiger partial charge in [0.2, 0.25) is 0 Å². The first kappa shape index (κ1) is 11.9. The van der Waals surface area contributed by atoms with Gasteiger partial charge in [0.25, 0.3) is 5.69 Å². The van der Waals surface area contributed by atoms with Crippen LogP contribution in [0.25, 0.3) is 0 Å². The summed E-state index contributed by atoms with van der Waals surface area (Å²) in [6, 6.07) is 2.77. The van der Waals surface area contributed by atoms with Gasteiger partial charge in [-0.3, -0.25) is 10.1 Å². The Morgan fingerprint density at radius 2 is 2.20 bits per heavy atom. The van der Waals surface area contributed by atoms with E-state index in [-0.39, 0.29) is 11.3 Å². The minimum absolute atomic E-state index is 0.148. The number of halogens is 1. The predicted octanol–water partition coefficient (Wildman–Crippen LogP) is 2.42. The fraction of sp³-hybridized carbons (Fsp3) is 0.333. The lowest BCUT2D eigenvalue weighted by atomic mass is 10.1. The number of hydrogen-bond donors (Lipinski definition) is 1. The molecule has 0 radical (unpaired) electrons. The number of methoxy groups -OCH3 is 1. The average Bonchev–Trinajstić information content (AvgIpc) is 2.16. The van der Waals surface area contributed by atoms with E-state index in [4.69, 9.17) is 4.74 Å². The van der Waals surface area contributed by atoms with E-state index >= 15 is 0 Å². The monoisotopic (exact) mass is 275 g/mol. The van der Waals surface area contributed by atoms with Crippen molar-refractivity contribution in [2.24, 2.45) is 0 Å². The fourth-order valence-corrected chi connectivity index (χ4v) is 1.73. The lowest BCUT2D eigenvalue weighted by Crippen LogP contribution is -2.00. The lowest BCUT2D eigenvalue weighted by Gasteiger charge is -2.09. The van der Waals surface area contributed by atoms with E-state index in [2.05, 4.69) is 15.9 Å². The molecule has 0 amide bonds. The Morgan fingerprint density at radius 1 is 1.60 bits per heavy atom. The molecule has 1 N–H and O–H groups in total. The van der Waals surface area contributed by atoms with Gasteiger partial charge in [0, 0.05) is 0 Å². The van der Waals surface area contributed by atoms with E-state index < -0.39 is 11.0 Å². The predicted molar refractivity (Wildman–Crippen MR) is 58.0 cm³/mol. The standard InChI is InChI=1S/C9H10BrNO4/c1-5(12)6-3-7(10)9(15-2)4-8(6)11(13)14/h3-5,12H,1-2H3. The van der Waals surface area contributed by atoms with Crippen molar-refractivity contribution < 1.29 is 14.8 Å². The number of aliphatic hydroxyl groups excluding tert-OH is 1. The zero-order valence-electron chi connectivity index (χ0n) is 8.23. The van der Waals surface area contributed by atoms with Crippen LogP contribution in [0.1, 0.15) is 18.6 Å². The summed E-state index contributed by atoms with van der Waals surface area (Å²) < 4.78 is 5.51. The van der Waals surface area contributed by atoms with Crippen molar-refractivity contribution in [2.75, 3.05) is 7.11 Å². The lowest BCUT2D eigenvalue weighted by molar-refractivity contribution is -0.386. The molecule has 1 aromatic rings. The molecule has 0 aliphatic heterocycles. The Kier molecular flexibility index (Phi) is 3.65. The number of hydrogen-bond acceptors (Lipinski definition) is 4. The number of nitro benzene ring substituents is 1. The van der Waals surface area contributed by atoms with E-state index in [9.17, 15) is 15.2 Å². The molecule has 0 spiro atoms. The van der Waals surface area contributed by atoms with Gasteiger partial charge in [-0.2, -0.15) is 0 Å². The van der Waals surface area contributed by atoms with Crippen LogP contribution >= 0.6 is 15.9 Å². The molecule has 0 fully saturated rings. The Balaban J connectivity index is 3.39. The quantitative estimate of drug-likeness (QED) is 0.679. The molecule has 0 saturated carbocycles. The highest BCUT2D eigenvalue weighted by Gasteiger charge is 2.20. The van der Waals surface area contributed by atoms with Crippen molar-refractivity contribution in [2.45, 2.75) is 13.0 Å². The van der Waals surface area contributed by atoms with Crippen LogP contribution in [0.15, 0.2) is 16.6 Å². The molecule has 0 heterocycles. The van der Waals surface area contributed by atoms with Gasteiger partial charge in [-0.1, -0.05) is 0 Å². The molecular formula is C9H10BrNO4. The molecule has 0 aliphatic rings. The van der Waals surface area contributed by atoms with Crippen LogP contribution in [0.4, 0.5) is 5.69 Å². The molecule has 5 nitrogen and oxygen atoms in total. The zero-order valence-corrected chi connectivity index (χ0v) is 9.82. The maximum Gasteiger partial charge on any atom is 0.278 e. The van der Waals surface area contributed by atoms with Gasteiger partial charge in [-0.25, -0.2) is 0 Å². The average molecular weight is 276 g/mol. The van der Waals surface area contributed by atoms with Crippen LogP contribution in [-0.2, 0) is 0 Å². The van der Waals surface area contributed by atoms with Crippen molar-refractivity contribution in [3.05, 3.63) is 32.3 Å². The van der Waals surface area contributed by atoms with Crippen LogP contribution < -0.4 is 4.74 Å². The molecule has 1 aromatic carbocycles. The molecule has 1 unspecified atom stereocenters. The van der Waals surface area contributed by atoms with E-state index in [1.54, 1.807) is 0 Å². The van der Waals surface area contributed by atoms with E-state index in [1.165, 1.54) is 26.2 Å². The van der Waals surface area contributed by atoms with Crippen LogP contribution in [0, 0.1) is 10.1 Å². The summed E-state index contributed by atoms with van der Waals surface area (Å²) in [6.07, 6.45) is -0.896. The summed E-state index contributed by atoms with van der Waals surface area (Å²) in [6.45, 7) is 1.47. The second-order valence-electron chi connectivity index (χ2n) is 2.98. The second kappa shape index (κ2) is 4.59. The third-order valence-corrected chi connectivity index (χ3v) is 2.57. The number of nitrogens with zero attached hydrogens (tertiary/aromatic N) is 1. The molecule has 15 heavy (non-hydrogen) atoms. The first-order valence-corrected chi connectivity index (χ1v) is 4.96. The van der Waals surface area contributed by atoms with Gasteiger partial charge in [-0.15, -0.1) is 0 Å². The fourth-order valence-electron chi connectivity index (χ4n) is 1.21. The Labute approximate surface area is 95.0 Å². The van der Waals surface area contributed by atoms with E-state index in [0.717, 1.165) is 0 Å². The summed E-state index contributed by atoms with van der Waals surface area (Å²) in [7, 11) is 1.42. The summed E-state index contributed by atoms with van der Waals surface area (Å²) >= 11 is 3.20. The number of rotatable bonds is 3. The number of nitro groups is 1. The zero-order chi connectivity index (χ0) is 11.6. The van der Waals surface area contributed by atoms with Gasteiger partial charge in [0.1, 0.15) is 5.75 Å². The third kappa shape index (κ3) is 2.45. The summed E-state index contributed by atoms with van der Waals surface area (Å²) in [5, 5.41) is 20.1. The molecular weight excluding hydrogens is 266 g/mol. The van der Waals surface area contributed by atoms with Gasteiger partial charge < -0.3 is 9.84 Å². The Morgan fingerprint density at radius 3 is 2.60 bits per heavy atom. The molecule has 0 aliphatic carbocycles. The molecule has 82 valence electrons. The molecule has 1 atom stereocenters. The largest absolute Gasteiger partial charge is 0.495 e. The van der Waals surface area contributed by atoms with E-state index in [1.807, 2.05) is 0 Å². The van der Waals surface area contributed by atoms with Crippen molar-refractivity contribution >= 4 is 21.6 Å². The van der Waals surface area contributed by atoms with Crippen molar-refractivity contribution in [3.8, 4) is 5.75 Å². The summed E-state index contributed by atoms with van der Waals surface area (Å²) in [4.78, 5) is 10.2. The molecule has 0 saturated heterocycles. The topological polar surface area (TPSA) is 72.6 Å². The van der Waals surface area contributed by atoms with Gasteiger partial charge in [0.15, 0.2) is 0 Å². The van der Waals surface area contributed by atoms with Crippen molar-refractivity contribution in [1.82, 2.24) is 0 Å². The normalized spacial score (nSPS) is 12.3. The smallest absolute Gasteiger partial charge is 0.278 e. The highest BCUT2D eigenvalue weighted by Crippen LogP contribution is 2.35. The Bertz CT molecular complexity index is 392. The van der Waals surface area contributed by atoms with Gasteiger partial charge in [-0.05, 0) is 28.9 Å².